The summed E-state index contributed by atoms with van der Waals surface area (Å²) in [5.41, 5.74) is 4.12. The van der Waals surface area contributed by atoms with Gasteiger partial charge in [-0.3, -0.25) is 4.79 Å². The SMILES string of the molecule is CC1C(=O)Nc2ccc(-c3csc(N4CCCC4)n3)cc21. The molecular formula is C16H17N3OS. The van der Waals surface area contributed by atoms with E-state index < -0.39 is 0 Å². The minimum atomic E-state index is -0.0726. The molecule has 4 rings (SSSR count). The highest BCUT2D eigenvalue weighted by atomic mass is 32.1. The summed E-state index contributed by atoms with van der Waals surface area (Å²) >= 11 is 1.71. The second-order valence-corrected chi connectivity index (χ2v) is 6.56. The van der Waals surface area contributed by atoms with Gasteiger partial charge < -0.3 is 10.2 Å². The van der Waals surface area contributed by atoms with Crippen molar-refractivity contribution in [2.24, 2.45) is 0 Å². The van der Waals surface area contributed by atoms with Crippen molar-refractivity contribution >= 4 is 28.1 Å². The number of nitrogens with one attached hydrogen (secondary N) is 1. The van der Waals surface area contributed by atoms with Crippen LogP contribution in [0.2, 0.25) is 0 Å². The van der Waals surface area contributed by atoms with Gasteiger partial charge in [-0.2, -0.15) is 0 Å². The molecule has 0 saturated carbocycles. The van der Waals surface area contributed by atoms with Crippen LogP contribution < -0.4 is 10.2 Å². The molecule has 0 spiro atoms. The minimum Gasteiger partial charge on any atom is -0.348 e. The molecule has 21 heavy (non-hydrogen) atoms. The Morgan fingerprint density at radius 2 is 2.14 bits per heavy atom. The standard InChI is InChI=1S/C16H17N3OS/c1-10-12-8-11(4-5-13(12)17-15(10)20)14-9-21-16(18-14)19-6-2-3-7-19/h4-5,8-10H,2-3,6-7H2,1H3,(H,17,20). The van der Waals surface area contributed by atoms with Crippen LogP contribution >= 0.6 is 11.3 Å². The third-order valence-corrected chi connectivity index (χ3v) is 5.24. The molecule has 5 heteroatoms. The van der Waals surface area contributed by atoms with E-state index in [0.29, 0.717) is 0 Å². The van der Waals surface area contributed by atoms with Gasteiger partial charge in [0.1, 0.15) is 0 Å². The molecule has 2 aliphatic heterocycles. The molecule has 1 atom stereocenters. The minimum absolute atomic E-state index is 0.0726. The first-order valence-electron chi connectivity index (χ1n) is 7.38. The Bertz CT molecular complexity index is 703. The fraction of sp³-hybridized carbons (Fsp3) is 0.375. The van der Waals surface area contributed by atoms with E-state index in [1.165, 1.54) is 12.8 Å². The van der Waals surface area contributed by atoms with Crippen LogP contribution in [-0.4, -0.2) is 24.0 Å². The molecule has 1 amide bonds. The molecule has 1 aromatic carbocycles. The second kappa shape index (κ2) is 4.84. The van der Waals surface area contributed by atoms with E-state index >= 15 is 0 Å². The molecule has 1 saturated heterocycles. The number of nitrogens with zero attached hydrogens (tertiary/aromatic N) is 2. The maximum Gasteiger partial charge on any atom is 0.231 e. The third-order valence-electron chi connectivity index (χ3n) is 4.33. The molecule has 0 bridgehead atoms. The van der Waals surface area contributed by atoms with Crippen molar-refractivity contribution < 1.29 is 4.79 Å². The topological polar surface area (TPSA) is 45.2 Å². The van der Waals surface area contributed by atoms with Crippen LogP contribution in [-0.2, 0) is 4.79 Å². The Kier molecular flexibility index (Phi) is 2.96. The smallest absolute Gasteiger partial charge is 0.231 e. The number of thiazole rings is 1. The van der Waals surface area contributed by atoms with Crippen LogP contribution in [0.5, 0.6) is 0 Å². The number of rotatable bonds is 2. The van der Waals surface area contributed by atoms with E-state index in [9.17, 15) is 4.79 Å². The molecular weight excluding hydrogens is 282 g/mol. The van der Waals surface area contributed by atoms with Crippen LogP contribution in [0, 0.1) is 0 Å². The number of benzene rings is 1. The normalized spacial score (nSPS) is 20.7. The fourth-order valence-electron chi connectivity index (χ4n) is 3.03. The maximum absolute atomic E-state index is 11.7. The average Bonchev–Trinajstić information content (AvgIpc) is 3.20. The summed E-state index contributed by atoms with van der Waals surface area (Å²) in [5, 5.41) is 6.14. The summed E-state index contributed by atoms with van der Waals surface area (Å²) in [6, 6.07) is 6.13. The lowest BCUT2D eigenvalue weighted by molar-refractivity contribution is -0.116. The van der Waals surface area contributed by atoms with E-state index in [-0.39, 0.29) is 11.8 Å². The number of fused-ring (bicyclic) bond motifs is 1. The van der Waals surface area contributed by atoms with Gasteiger partial charge in [0.25, 0.3) is 0 Å². The van der Waals surface area contributed by atoms with E-state index in [0.717, 1.165) is 40.7 Å². The second-order valence-electron chi connectivity index (χ2n) is 5.72. The highest BCUT2D eigenvalue weighted by Gasteiger charge is 2.27. The first-order valence-corrected chi connectivity index (χ1v) is 8.26. The van der Waals surface area contributed by atoms with E-state index in [1.807, 2.05) is 19.1 Å². The predicted octanol–water partition coefficient (Wildman–Crippen LogP) is 3.47. The molecule has 1 fully saturated rings. The van der Waals surface area contributed by atoms with Crippen LogP contribution in [0.1, 0.15) is 31.2 Å². The Morgan fingerprint density at radius 1 is 1.33 bits per heavy atom. The summed E-state index contributed by atoms with van der Waals surface area (Å²) in [6.07, 6.45) is 2.53. The highest BCUT2D eigenvalue weighted by Crippen LogP contribution is 2.36. The van der Waals surface area contributed by atoms with Gasteiger partial charge in [0.2, 0.25) is 5.91 Å². The molecule has 2 aromatic rings. The Morgan fingerprint density at radius 3 is 2.95 bits per heavy atom. The number of anilines is 2. The van der Waals surface area contributed by atoms with Crippen molar-refractivity contribution in [3.63, 3.8) is 0 Å². The largest absolute Gasteiger partial charge is 0.348 e. The van der Waals surface area contributed by atoms with Crippen LogP contribution in [0.25, 0.3) is 11.3 Å². The van der Waals surface area contributed by atoms with Gasteiger partial charge in [0.05, 0.1) is 11.6 Å². The van der Waals surface area contributed by atoms with E-state index in [4.69, 9.17) is 4.98 Å². The number of hydrogen-bond acceptors (Lipinski definition) is 4. The van der Waals surface area contributed by atoms with Gasteiger partial charge >= 0.3 is 0 Å². The number of aromatic nitrogens is 1. The van der Waals surface area contributed by atoms with Gasteiger partial charge in [-0.05, 0) is 37.5 Å². The summed E-state index contributed by atoms with van der Waals surface area (Å²) in [5.74, 6) is 0.00909. The van der Waals surface area contributed by atoms with Gasteiger partial charge in [0.15, 0.2) is 5.13 Å². The molecule has 0 aliphatic carbocycles. The summed E-state index contributed by atoms with van der Waals surface area (Å²) in [7, 11) is 0. The van der Waals surface area contributed by atoms with E-state index in [1.54, 1.807) is 11.3 Å². The maximum atomic E-state index is 11.7. The molecule has 1 N–H and O–H groups in total. The van der Waals surface area contributed by atoms with Crippen LogP contribution in [0.15, 0.2) is 23.6 Å². The summed E-state index contributed by atoms with van der Waals surface area (Å²) < 4.78 is 0. The monoisotopic (exact) mass is 299 g/mol. The van der Waals surface area contributed by atoms with Crippen molar-refractivity contribution in [1.82, 2.24) is 4.98 Å². The van der Waals surface area contributed by atoms with Crippen molar-refractivity contribution in [2.75, 3.05) is 23.3 Å². The first-order chi connectivity index (χ1) is 10.2. The lowest BCUT2D eigenvalue weighted by Gasteiger charge is -2.12. The third kappa shape index (κ3) is 2.12. The Balaban J connectivity index is 1.67. The van der Waals surface area contributed by atoms with E-state index in [2.05, 4.69) is 21.7 Å². The number of amides is 1. The van der Waals surface area contributed by atoms with Crippen molar-refractivity contribution in [1.29, 1.82) is 0 Å². The zero-order valence-corrected chi connectivity index (χ0v) is 12.7. The number of carbonyl (C=O) groups excluding carboxylic acids is 1. The quantitative estimate of drug-likeness (QED) is 0.923. The molecule has 1 unspecified atom stereocenters. The molecule has 2 aliphatic rings. The molecule has 3 heterocycles. The lowest BCUT2D eigenvalue weighted by atomic mass is 10.00. The van der Waals surface area contributed by atoms with Gasteiger partial charge in [-0.25, -0.2) is 4.98 Å². The number of carbonyl (C=O) groups is 1. The fourth-order valence-corrected chi connectivity index (χ4v) is 3.92. The van der Waals surface area contributed by atoms with Crippen LogP contribution in [0.4, 0.5) is 10.8 Å². The van der Waals surface area contributed by atoms with Gasteiger partial charge in [-0.15, -0.1) is 11.3 Å². The van der Waals surface area contributed by atoms with Crippen LogP contribution in [0.3, 0.4) is 0 Å². The van der Waals surface area contributed by atoms with Gasteiger partial charge in [-0.1, -0.05) is 6.07 Å². The lowest BCUT2D eigenvalue weighted by Crippen LogP contribution is -2.17. The molecule has 0 radical (unpaired) electrons. The summed E-state index contributed by atoms with van der Waals surface area (Å²) in [6.45, 7) is 4.18. The van der Waals surface area contributed by atoms with Crippen molar-refractivity contribution in [3.05, 3.63) is 29.1 Å². The summed E-state index contributed by atoms with van der Waals surface area (Å²) in [4.78, 5) is 18.9. The van der Waals surface area contributed by atoms with Gasteiger partial charge in [0, 0.05) is 29.7 Å². The predicted molar refractivity (Wildman–Crippen MR) is 86.0 cm³/mol. The molecule has 1 aromatic heterocycles. The number of hydrogen-bond donors (Lipinski definition) is 1. The Labute approximate surface area is 127 Å². The average molecular weight is 299 g/mol. The van der Waals surface area contributed by atoms with Crippen molar-refractivity contribution in [3.8, 4) is 11.3 Å². The highest BCUT2D eigenvalue weighted by molar-refractivity contribution is 7.14. The zero-order chi connectivity index (χ0) is 14.4. The van der Waals surface area contributed by atoms with Crippen molar-refractivity contribution in [2.45, 2.75) is 25.7 Å². The zero-order valence-electron chi connectivity index (χ0n) is 11.9. The Hall–Kier alpha value is -1.88. The molecule has 4 nitrogen and oxygen atoms in total. The first kappa shape index (κ1) is 12.8. The molecule has 108 valence electrons.